The van der Waals surface area contributed by atoms with Crippen molar-refractivity contribution in [2.75, 3.05) is 31.5 Å². The summed E-state index contributed by atoms with van der Waals surface area (Å²) in [4.78, 5) is 16.5. The van der Waals surface area contributed by atoms with Gasteiger partial charge in [-0.25, -0.2) is 9.18 Å². The molecule has 1 N–H and O–H groups in total. The first-order chi connectivity index (χ1) is 14.1. The fraction of sp³-hybridized carbons (Fsp3) is 0.300. The van der Waals surface area contributed by atoms with E-state index in [4.69, 9.17) is 0 Å². The van der Waals surface area contributed by atoms with E-state index < -0.39 is 0 Å². The smallest absolute Gasteiger partial charge is 0.321 e. The van der Waals surface area contributed by atoms with E-state index in [-0.39, 0.29) is 11.8 Å². The van der Waals surface area contributed by atoms with Crippen molar-refractivity contribution in [3.8, 4) is 5.69 Å². The molecule has 9 heteroatoms. The summed E-state index contributed by atoms with van der Waals surface area (Å²) in [6.45, 7) is 5.25. The molecule has 0 spiro atoms. The van der Waals surface area contributed by atoms with Crippen LogP contribution >= 0.6 is 0 Å². The number of piperazine rings is 1. The predicted octanol–water partition coefficient (Wildman–Crippen LogP) is 2.46. The minimum absolute atomic E-state index is 0.0929. The summed E-state index contributed by atoms with van der Waals surface area (Å²) in [7, 11) is 0. The van der Waals surface area contributed by atoms with Crippen molar-refractivity contribution in [3.63, 3.8) is 0 Å². The summed E-state index contributed by atoms with van der Waals surface area (Å²) in [5.41, 5.74) is 2.66. The van der Waals surface area contributed by atoms with Crippen molar-refractivity contribution in [2.24, 2.45) is 0 Å². The van der Waals surface area contributed by atoms with Crippen LogP contribution in [0.3, 0.4) is 0 Å². The average Bonchev–Trinajstić information content (AvgIpc) is 3.19. The van der Waals surface area contributed by atoms with Gasteiger partial charge in [0.1, 0.15) is 5.82 Å². The number of carbonyl (C=O) groups is 1. The highest BCUT2D eigenvalue weighted by Crippen LogP contribution is 2.14. The van der Waals surface area contributed by atoms with Crippen molar-refractivity contribution >= 4 is 11.7 Å². The normalized spacial score (nSPS) is 14.8. The lowest BCUT2D eigenvalue weighted by Gasteiger charge is -2.34. The first-order valence-corrected chi connectivity index (χ1v) is 9.46. The number of nitrogens with one attached hydrogen (secondary N) is 1. The highest BCUT2D eigenvalue weighted by molar-refractivity contribution is 5.89. The molecule has 1 aliphatic heterocycles. The van der Waals surface area contributed by atoms with E-state index in [1.165, 1.54) is 12.1 Å². The Labute approximate surface area is 167 Å². The molecule has 1 fully saturated rings. The van der Waals surface area contributed by atoms with E-state index in [2.05, 4.69) is 25.7 Å². The number of urea groups is 1. The lowest BCUT2D eigenvalue weighted by atomic mass is 10.2. The third-order valence-electron chi connectivity index (χ3n) is 4.93. The van der Waals surface area contributed by atoms with Gasteiger partial charge in [0.15, 0.2) is 5.82 Å². The zero-order chi connectivity index (χ0) is 20.2. The van der Waals surface area contributed by atoms with Gasteiger partial charge in [-0.2, -0.15) is 4.68 Å². The van der Waals surface area contributed by atoms with Gasteiger partial charge in [0.25, 0.3) is 0 Å². The molecule has 2 aromatic carbocycles. The van der Waals surface area contributed by atoms with Crippen LogP contribution in [0.4, 0.5) is 14.9 Å². The molecule has 0 atom stereocenters. The van der Waals surface area contributed by atoms with E-state index in [9.17, 15) is 9.18 Å². The second-order valence-electron chi connectivity index (χ2n) is 7.04. The Kier molecular flexibility index (Phi) is 5.48. The van der Waals surface area contributed by atoms with Crippen LogP contribution in [0.1, 0.15) is 11.4 Å². The molecule has 0 bridgehead atoms. The number of nitrogens with zero attached hydrogens (tertiary/aromatic N) is 6. The molecule has 150 valence electrons. The summed E-state index contributed by atoms with van der Waals surface area (Å²) >= 11 is 0. The lowest BCUT2D eigenvalue weighted by molar-refractivity contribution is 0.140. The summed E-state index contributed by atoms with van der Waals surface area (Å²) in [6, 6.07) is 13.7. The Hall–Kier alpha value is -3.33. The van der Waals surface area contributed by atoms with E-state index in [1.54, 1.807) is 21.7 Å². The molecule has 0 unspecified atom stereocenters. The van der Waals surface area contributed by atoms with Gasteiger partial charge in [0, 0.05) is 31.9 Å². The number of benzene rings is 2. The van der Waals surface area contributed by atoms with Gasteiger partial charge in [0.05, 0.1) is 12.2 Å². The Bertz CT molecular complexity index is 963. The molecule has 1 aliphatic rings. The van der Waals surface area contributed by atoms with Gasteiger partial charge in [-0.15, -0.1) is 5.10 Å². The standard InChI is InChI=1S/C20H22FN7O/c1-15-2-6-17(7-3-15)22-20(29)27-12-10-26(11-13-27)14-19-23-24-25-28(19)18-8-4-16(21)5-9-18/h2-9H,10-14H2,1H3,(H,22,29). The molecule has 0 aliphatic carbocycles. The molecule has 1 saturated heterocycles. The summed E-state index contributed by atoms with van der Waals surface area (Å²) < 4.78 is 14.8. The predicted molar refractivity (Wildman–Crippen MR) is 106 cm³/mol. The quantitative estimate of drug-likeness (QED) is 0.734. The second-order valence-corrected chi connectivity index (χ2v) is 7.04. The second kappa shape index (κ2) is 8.36. The first kappa shape index (κ1) is 19.0. The number of aryl methyl sites for hydroxylation is 1. The van der Waals surface area contributed by atoms with E-state index in [1.807, 2.05) is 31.2 Å². The van der Waals surface area contributed by atoms with Crippen molar-refractivity contribution in [1.29, 1.82) is 0 Å². The topological polar surface area (TPSA) is 79.2 Å². The Morgan fingerprint density at radius 1 is 1.03 bits per heavy atom. The number of anilines is 1. The Morgan fingerprint density at radius 3 is 2.41 bits per heavy atom. The summed E-state index contributed by atoms with van der Waals surface area (Å²) in [5, 5.41) is 14.8. The van der Waals surface area contributed by atoms with Gasteiger partial charge in [-0.1, -0.05) is 17.7 Å². The van der Waals surface area contributed by atoms with Gasteiger partial charge >= 0.3 is 6.03 Å². The monoisotopic (exact) mass is 395 g/mol. The van der Waals surface area contributed by atoms with Gasteiger partial charge in [0.2, 0.25) is 0 Å². The highest BCUT2D eigenvalue weighted by atomic mass is 19.1. The zero-order valence-electron chi connectivity index (χ0n) is 16.1. The largest absolute Gasteiger partial charge is 0.322 e. The van der Waals surface area contributed by atoms with Crippen LogP contribution in [0.15, 0.2) is 48.5 Å². The van der Waals surface area contributed by atoms with Gasteiger partial charge < -0.3 is 10.2 Å². The molecule has 4 rings (SSSR count). The number of hydrogen-bond acceptors (Lipinski definition) is 5. The molecule has 3 aromatic rings. The fourth-order valence-electron chi connectivity index (χ4n) is 3.24. The zero-order valence-corrected chi connectivity index (χ0v) is 16.1. The number of carbonyl (C=O) groups excluding carboxylic acids is 1. The molecule has 0 saturated carbocycles. The number of hydrogen-bond donors (Lipinski definition) is 1. The van der Waals surface area contributed by atoms with Crippen molar-refractivity contribution in [1.82, 2.24) is 30.0 Å². The fourth-order valence-corrected chi connectivity index (χ4v) is 3.24. The Balaban J connectivity index is 1.32. The van der Waals surface area contributed by atoms with Crippen LogP contribution in [0.25, 0.3) is 5.69 Å². The van der Waals surface area contributed by atoms with Crippen LogP contribution in [0.2, 0.25) is 0 Å². The van der Waals surface area contributed by atoms with Crippen LogP contribution in [-0.4, -0.2) is 62.2 Å². The van der Waals surface area contributed by atoms with Crippen LogP contribution in [-0.2, 0) is 6.54 Å². The lowest BCUT2D eigenvalue weighted by Crippen LogP contribution is -2.49. The minimum atomic E-state index is -0.302. The van der Waals surface area contributed by atoms with E-state index in [0.717, 1.165) is 24.3 Å². The summed E-state index contributed by atoms with van der Waals surface area (Å²) in [5.74, 6) is 0.373. The van der Waals surface area contributed by atoms with Crippen molar-refractivity contribution < 1.29 is 9.18 Å². The Morgan fingerprint density at radius 2 is 1.72 bits per heavy atom. The maximum absolute atomic E-state index is 13.2. The van der Waals surface area contributed by atoms with Gasteiger partial charge in [-0.3, -0.25) is 4.90 Å². The molecule has 8 nitrogen and oxygen atoms in total. The molecule has 1 aromatic heterocycles. The first-order valence-electron chi connectivity index (χ1n) is 9.46. The number of halogens is 1. The van der Waals surface area contributed by atoms with Crippen LogP contribution in [0, 0.1) is 12.7 Å². The van der Waals surface area contributed by atoms with Crippen LogP contribution in [0.5, 0.6) is 0 Å². The third-order valence-corrected chi connectivity index (χ3v) is 4.93. The minimum Gasteiger partial charge on any atom is -0.322 e. The molecule has 2 amide bonds. The van der Waals surface area contributed by atoms with Crippen molar-refractivity contribution in [3.05, 3.63) is 65.7 Å². The third kappa shape index (κ3) is 4.57. The number of amides is 2. The number of aromatic nitrogens is 4. The van der Waals surface area contributed by atoms with E-state index in [0.29, 0.717) is 31.1 Å². The summed E-state index contributed by atoms with van der Waals surface area (Å²) in [6.07, 6.45) is 0. The highest BCUT2D eigenvalue weighted by Gasteiger charge is 2.23. The molecule has 29 heavy (non-hydrogen) atoms. The van der Waals surface area contributed by atoms with Crippen LogP contribution < -0.4 is 5.32 Å². The number of tetrazole rings is 1. The molecule has 0 radical (unpaired) electrons. The molecular formula is C20H22FN7O. The van der Waals surface area contributed by atoms with Crippen molar-refractivity contribution in [2.45, 2.75) is 13.5 Å². The molecular weight excluding hydrogens is 373 g/mol. The SMILES string of the molecule is Cc1ccc(NC(=O)N2CCN(Cc3nnnn3-c3ccc(F)cc3)CC2)cc1. The van der Waals surface area contributed by atoms with E-state index >= 15 is 0 Å². The van der Waals surface area contributed by atoms with Gasteiger partial charge in [-0.05, 0) is 53.7 Å². The maximum Gasteiger partial charge on any atom is 0.321 e. The maximum atomic E-state index is 13.2. The average molecular weight is 395 g/mol. The number of rotatable bonds is 4. The molecule has 2 heterocycles.